The molecule has 0 radical (unpaired) electrons. The lowest BCUT2D eigenvalue weighted by Crippen LogP contribution is -2.07. The van der Waals surface area contributed by atoms with E-state index < -0.39 is 11.7 Å². The van der Waals surface area contributed by atoms with Crippen LogP contribution in [0.25, 0.3) is 0 Å². The molecule has 2 N–H and O–H groups in total. The van der Waals surface area contributed by atoms with Gasteiger partial charge in [0.25, 0.3) is 0 Å². The molecule has 0 aliphatic heterocycles. The fourth-order valence-electron chi connectivity index (χ4n) is 1.78. The van der Waals surface area contributed by atoms with Gasteiger partial charge in [0.15, 0.2) is 0 Å². The Balaban J connectivity index is 1.99. The van der Waals surface area contributed by atoms with Crippen molar-refractivity contribution in [3.05, 3.63) is 59.0 Å². The minimum Gasteiger partial charge on any atom is -0.491 e. The van der Waals surface area contributed by atoms with Gasteiger partial charge in [-0.15, -0.1) is 0 Å². The third kappa shape index (κ3) is 3.53. The van der Waals surface area contributed by atoms with Crippen LogP contribution in [0.3, 0.4) is 0 Å². The van der Waals surface area contributed by atoms with E-state index in [0.29, 0.717) is 17.0 Å². The average molecular weight is 269 g/mol. The molecule has 5 heteroatoms. The van der Waals surface area contributed by atoms with Gasteiger partial charge in [-0.1, -0.05) is 18.2 Å². The van der Waals surface area contributed by atoms with E-state index in [-0.39, 0.29) is 6.61 Å². The number of alkyl halides is 3. The van der Waals surface area contributed by atoms with E-state index in [1.54, 1.807) is 6.08 Å². The van der Waals surface area contributed by atoms with Crippen molar-refractivity contribution < 1.29 is 17.9 Å². The molecule has 0 spiro atoms. The maximum atomic E-state index is 12.4. The van der Waals surface area contributed by atoms with Crippen LogP contribution in [0.1, 0.15) is 24.0 Å². The SMILES string of the molecule is NC1=C(OCc2ccc(C(F)(F)F)cc2)CCC=C1. The van der Waals surface area contributed by atoms with Crippen molar-refractivity contribution in [1.29, 1.82) is 0 Å². The maximum Gasteiger partial charge on any atom is 0.416 e. The number of hydrogen-bond acceptors (Lipinski definition) is 2. The zero-order valence-corrected chi connectivity index (χ0v) is 10.2. The summed E-state index contributed by atoms with van der Waals surface area (Å²) in [6.07, 6.45) is 1.03. The molecule has 1 aliphatic carbocycles. The van der Waals surface area contributed by atoms with Crippen molar-refractivity contribution in [2.75, 3.05) is 0 Å². The highest BCUT2D eigenvalue weighted by molar-refractivity contribution is 5.26. The molecule has 1 aromatic carbocycles. The lowest BCUT2D eigenvalue weighted by atomic mass is 10.1. The summed E-state index contributed by atoms with van der Waals surface area (Å²) in [7, 11) is 0. The highest BCUT2D eigenvalue weighted by Crippen LogP contribution is 2.29. The topological polar surface area (TPSA) is 35.2 Å². The number of halogens is 3. The Morgan fingerprint density at radius 1 is 1.16 bits per heavy atom. The lowest BCUT2D eigenvalue weighted by molar-refractivity contribution is -0.137. The molecule has 0 unspecified atom stereocenters. The van der Waals surface area contributed by atoms with E-state index in [1.165, 1.54) is 12.1 Å². The third-order valence-corrected chi connectivity index (χ3v) is 2.85. The van der Waals surface area contributed by atoms with Crippen LogP contribution >= 0.6 is 0 Å². The Labute approximate surface area is 109 Å². The summed E-state index contributed by atoms with van der Waals surface area (Å²) in [4.78, 5) is 0. The van der Waals surface area contributed by atoms with Gasteiger partial charge in [-0.3, -0.25) is 0 Å². The molecule has 0 bridgehead atoms. The Morgan fingerprint density at radius 3 is 2.42 bits per heavy atom. The Morgan fingerprint density at radius 2 is 1.84 bits per heavy atom. The van der Waals surface area contributed by atoms with Gasteiger partial charge in [-0.25, -0.2) is 0 Å². The van der Waals surface area contributed by atoms with E-state index in [9.17, 15) is 13.2 Å². The number of benzene rings is 1. The first kappa shape index (κ1) is 13.5. The van der Waals surface area contributed by atoms with Crippen molar-refractivity contribution in [3.8, 4) is 0 Å². The third-order valence-electron chi connectivity index (χ3n) is 2.85. The van der Waals surface area contributed by atoms with E-state index in [1.807, 2.05) is 6.08 Å². The van der Waals surface area contributed by atoms with Crippen molar-refractivity contribution >= 4 is 0 Å². The molecule has 0 aromatic heterocycles. The number of rotatable bonds is 3. The van der Waals surface area contributed by atoms with Gasteiger partial charge >= 0.3 is 6.18 Å². The maximum absolute atomic E-state index is 12.4. The predicted octanol–water partition coefficient (Wildman–Crippen LogP) is 3.74. The predicted molar refractivity (Wildman–Crippen MR) is 65.8 cm³/mol. The molecule has 0 heterocycles. The number of allylic oxidation sites excluding steroid dienone is 3. The lowest BCUT2D eigenvalue weighted by Gasteiger charge is -2.15. The van der Waals surface area contributed by atoms with Crippen molar-refractivity contribution in [2.45, 2.75) is 25.6 Å². The molecule has 0 saturated heterocycles. The van der Waals surface area contributed by atoms with Gasteiger partial charge in [-0.2, -0.15) is 13.2 Å². The molecule has 1 aromatic rings. The first-order valence-electron chi connectivity index (χ1n) is 5.91. The van der Waals surface area contributed by atoms with E-state index in [0.717, 1.165) is 25.0 Å². The zero-order chi connectivity index (χ0) is 13.9. The quantitative estimate of drug-likeness (QED) is 0.907. The number of ether oxygens (including phenoxy) is 1. The van der Waals surface area contributed by atoms with Crippen molar-refractivity contribution in [1.82, 2.24) is 0 Å². The summed E-state index contributed by atoms with van der Waals surface area (Å²) in [5, 5.41) is 0. The summed E-state index contributed by atoms with van der Waals surface area (Å²) in [5.74, 6) is 0.697. The Hall–Kier alpha value is -1.91. The van der Waals surface area contributed by atoms with Crippen LogP contribution < -0.4 is 5.73 Å². The standard InChI is InChI=1S/C14H14F3NO/c15-14(16,17)11-7-5-10(6-8-11)9-19-13-4-2-1-3-12(13)18/h1,3,5-8H,2,4,9,18H2. The molecule has 2 rings (SSSR count). The van der Waals surface area contributed by atoms with Crippen LogP contribution in [0.4, 0.5) is 13.2 Å². The van der Waals surface area contributed by atoms with Crippen LogP contribution in [0.5, 0.6) is 0 Å². The average Bonchev–Trinajstić information content (AvgIpc) is 2.37. The van der Waals surface area contributed by atoms with Crippen LogP contribution in [-0.2, 0) is 17.5 Å². The summed E-state index contributed by atoms with van der Waals surface area (Å²) in [6, 6.07) is 4.94. The number of hydrogen-bond donors (Lipinski definition) is 1. The monoisotopic (exact) mass is 269 g/mol. The van der Waals surface area contributed by atoms with Crippen LogP contribution in [0, 0.1) is 0 Å². The summed E-state index contributed by atoms with van der Waals surface area (Å²) in [6.45, 7) is 0.224. The second kappa shape index (κ2) is 5.38. The smallest absolute Gasteiger partial charge is 0.416 e. The van der Waals surface area contributed by atoms with Crippen molar-refractivity contribution in [3.63, 3.8) is 0 Å². The zero-order valence-electron chi connectivity index (χ0n) is 10.2. The van der Waals surface area contributed by atoms with Gasteiger partial charge < -0.3 is 10.5 Å². The van der Waals surface area contributed by atoms with Crippen molar-refractivity contribution in [2.24, 2.45) is 5.73 Å². The Kier molecular flexibility index (Phi) is 3.83. The van der Waals surface area contributed by atoms with E-state index >= 15 is 0 Å². The fraction of sp³-hybridized carbons (Fsp3) is 0.286. The normalized spacial score (nSPS) is 15.7. The van der Waals surface area contributed by atoms with Gasteiger partial charge in [0.2, 0.25) is 0 Å². The molecule has 0 fully saturated rings. The van der Waals surface area contributed by atoms with Crippen LogP contribution in [0.2, 0.25) is 0 Å². The van der Waals surface area contributed by atoms with Crippen LogP contribution in [-0.4, -0.2) is 0 Å². The van der Waals surface area contributed by atoms with E-state index in [2.05, 4.69) is 0 Å². The minimum absolute atomic E-state index is 0.224. The summed E-state index contributed by atoms with van der Waals surface area (Å²) in [5.41, 5.74) is 6.35. The molecule has 1 aliphatic rings. The van der Waals surface area contributed by atoms with Gasteiger partial charge in [0.05, 0.1) is 11.3 Å². The van der Waals surface area contributed by atoms with Gasteiger partial charge in [0.1, 0.15) is 12.4 Å². The molecular weight excluding hydrogens is 255 g/mol. The molecule has 102 valence electrons. The minimum atomic E-state index is -4.31. The highest BCUT2D eigenvalue weighted by Gasteiger charge is 2.29. The first-order valence-corrected chi connectivity index (χ1v) is 5.91. The molecule has 0 saturated carbocycles. The molecule has 0 amide bonds. The number of nitrogens with two attached hydrogens (primary N) is 1. The summed E-state index contributed by atoms with van der Waals surface area (Å²) < 4.78 is 42.7. The van der Waals surface area contributed by atoms with Gasteiger partial charge in [-0.05, 0) is 30.2 Å². The second-order valence-corrected chi connectivity index (χ2v) is 4.30. The molecular formula is C14H14F3NO. The first-order chi connectivity index (χ1) is 8.97. The second-order valence-electron chi connectivity index (χ2n) is 4.30. The van der Waals surface area contributed by atoms with E-state index in [4.69, 9.17) is 10.5 Å². The molecule has 2 nitrogen and oxygen atoms in total. The Bertz CT molecular complexity index is 500. The van der Waals surface area contributed by atoms with Crippen LogP contribution in [0.15, 0.2) is 47.9 Å². The molecule has 0 atom stereocenters. The fourth-order valence-corrected chi connectivity index (χ4v) is 1.78. The molecule has 19 heavy (non-hydrogen) atoms. The highest BCUT2D eigenvalue weighted by atomic mass is 19.4. The summed E-state index contributed by atoms with van der Waals surface area (Å²) >= 11 is 0. The largest absolute Gasteiger partial charge is 0.491 e. The van der Waals surface area contributed by atoms with Gasteiger partial charge in [0, 0.05) is 6.42 Å².